The second kappa shape index (κ2) is 4.55. The number of hydrogen-bond acceptors (Lipinski definition) is 1. The van der Waals surface area contributed by atoms with Crippen molar-refractivity contribution in [2.24, 2.45) is 0 Å². The third-order valence-electron chi connectivity index (χ3n) is 1.06. The van der Waals surface area contributed by atoms with E-state index in [9.17, 15) is 13.2 Å². The SMILES string of the molecule is CCNCCCC(F)(F)F.[HH]. The van der Waals surface area contributed by atoms with Crippen LogP contribution >= 0.6 is 0 Å². The van der Waals surface area contributed by atoms with Crippen molar-refractivity contribution in [2.45, 2.75) is 25.9 Å². The normalized spacial score (nSPS) is 12.0. The van der Waals surface area contributed by atoms with Gasteiger partial charge in [0.1, 0.15) is 0 Å². The minimum Gasteiger partial charge on any atom is -0.317 e. The van der Waals surface area contributed by atoms with Crippen molar-refractivity contribution in [1.82, 2.24) is 5.32 Å². The van der Waals surface area contributed by atoms with E-state index in [0.717, 1.165) is 6.54 Å². The van der Waals surface area contributed by atoms with Gasteiger partial charge in [-0.15, -0.1) is 0 Å². The predicted molar refractivity (Wildman–Crippen MR) is 35.9 cm³/mol. The first-order valence-corrected chi connectivity index (χ1v) is 3.33. The summed E-state index contributed by atoms with van der Waals surface area (Å²) in [7, 11) is 0. The smallest absolute Gasteiger partial charge is 0.317 e. The van der Waals surface area contributed by atoms with Gasteiger partial charge in [-0.3, -0.25) is 0 Å². The maximum absolute atomic E-state index is 11.5. The average Bonchev–Trinajstić information content (AvgIpc) is 1.78. The molecule has 0 aliphatic rings. The molecule has 0 aromatic carbocycles. The Balaban J connectivity index is 0. The van der Waals surface area contributed by atoms with Gasteiger partial charge in [0, 0.05) is 7.85 Å². The molecule has 1 nitrogen and oxygen atoms in total. The molecular formula is C6H14F3N. The van der Waals surface area contributed by atoms with Crippen molar-refractivity contribution in [3.63, 3.8) is 0 Å². The highest BCUT2D eigenvalue weighted by Crippen LogP contribution is 2.20. The molecule has 0 unspecified atom stereocenters. The van der Waals surface area contributed by atoms with Crippen molar-refractivity contribution in [1.29, 1.82) is 0 Å². The Morgan fingerprint density at radius 1 is 1.40 bits per heavy atom. The Hall–Kier alpha value is -0.250. The van der Waals surface area contributed by atoms with Gasteiger partial charge in [-0.1, -0.05) is 6.92 Å². The molecule has 0 saturated carbocycles. The zero-order chi connectivity index (χ0) is 8.04. The number of nitrogens with one attached hydrogen (secondary N) is 1. The van der Waals surface area contributed by atoms with E-state index < -0.39 is 12.6 Å². The number of alkyl halides is 3. The monoisotopic (exact) mass is 157 g/mol. The van der Waals surface area contributed by atoms with Crippen LogP contribution in [0.5, 0.6) is 0 Å². The van der Waals surface area contributed by atoms with E-state index in [1.54, 1.807) is 0 Å². The van der Waals surface area contributed by atoms with E-state index >= 15 is 0 Å². The molecule has 0 bridgehead atoms. The molecule has 0 spiro atoms. The summed E-state index contributed by atoms with van der Waals surface area (Å²) in [4.78, 5) is 0. The summed E-state index contributed by atoms with van der Waals surface area (Å²) in [6.07, 6.45) is -4.49. The lowest BCUT2D eigenvalue weighted by Crippen LogP contribution is -2.17. The quantitative estimate of drug-likeness (QED) is 0.617. The highest BCUT2D eigenvalue weighted by atomic mass is 19.4. The fourth-order valence-corrected chi connectivity index (χ4v) is 0.591. The van der Waals surface area contributed by atoms with E-state index in [2.05, 4.69) is 5.32 Å². The minimum absolute atomic E-state index is 0. The summed E-state index contributed by atoms with van der Waals surface area (Å²) in [5.74, 6) is 0. The zero-order valence-corrected chi connectivity index (χ0v) is 5.96. The van der Waals surface area contributed by atoms with Crippen LogP contribution in [0.15, 0.2) is 0 Å². The Bertz CT molecular complexity index is 84.4. The molecule has 0 atom stereocenters. The summed E-state index contributed by atoms with van der Waals surface area (Å²) in [5.41, 5.74) is 0. The summed E-state index contributed by atoms with van der Waals surface area (Å²) in [6, 6.07) is 0. The van der Waals surface area contributed by atoms with Crippen LogP contribution in [0.25, 0.3) is 0 Å². The van der Waals surface area contributed by atoms with Crippen molar-refractivity contribution in [3.8, 4) is 0 Å². The van der Waals surface area contributed by atoms with E-state index in [1.165, 1.54) is 0 Å². The largest absolute Gasteiger partial charge is 0.389 e. The molecule has 1 N–H and O–H groups in total. The van der Waals surface area contributed by atoms with Crippen molar-refractivity contribution in [3.05, 3.63) is 0 Å². The van der Waals surface area contributed by atoms with Crippen molar-refractivity contribution < 1.29 is 14.6 Å². The van der Waals surface area contributed by atoms with Crippen LogP contribution in [-0.2, 0) is 0 Å². The molecule has 64 valence electrons. The summed E-state index contributed by atoms with van der Waals surface area (Å²) < 4.78 is 34.4. The van der Waals surface area contributed by atoms with Crippen molar-refractivity contribution in [2.75, 3.05) is 13.1 Å². The molecule has 0 aromatic rings. The third-order valence-corrected chi connectivity index (χ3v) is 1.06. The number of halogens is 3. The molecule has 0 rings (SSSR count). The molecule has 4 heteroatoms. The molecule has 0 heterocycles. The Morgan fingerprint density at radius 3 is 2.40 bits per heavy atom. The third kappa shape index (κ3) is 7.75. The van der Waals surface area contributed by atoms with Crippen LogP contribution in [0.2, 0.25) is 0 Å². The van der Waals surface area contributed by atoms with Gasteiger partial charge < -0.3 is 5.32 Å². The van der Waals surface area contributed by atoms with Gasteiger partial charge >= 0.3 is 6.18 Å². The lowest BCUT2D eigenvalue weighted by Gasteiger charge is -2.05. The summed E-state index contributed by atoms with van der Waals surface area (Å²) in [5, 5.41) is 2.82. The van der Waals surface area contributed by atoms with Crippen LogP contribution in [0, 0.1) is 0 Å². The molecule has 0 radical (unpaired) electrons. The standard InChI is InChI=1S/C6H12F3N.H2/c1-2-10-5-3-4-6(7,8)9;/h10H,2-5H2,1H3;1H. The van der Waals surface area contributed by atoms with Crippen LogP contribution in [-0.4, -0.2) is 19.3 Å². The molecule has 0 aliphatic carbocycles. The predicted octanol–water partition coefficient (Wildman–Crippen LogP) is 2.18. The average molecular weight is 157 g/mol. The van der Waals surface area contributed by atoms with Gasteiger partial charge in [-0.25, -0.2) is 0 Å². The van der Waals surface area contributed by atoms with E-state index in [-0.39, 0.29) is 7.85 Å². The van der Waals surface area contributed by atoms with E-state index in [1.807, 2.05) is 6.92 Å². The lowest BCUT2D eigenvalue weighted by atomic mass is 10.3. The molecule has 0 aromatic heterocycles. The van der Waals surface area contributed by atoms with Gasteiger partial charge in [0.25, 0.3) is 0 Å². The van der Waals surface area contributed by atoms with Gasteiger partial charge in [0.05, 0.1) is 0 Å². The van der Waals surface area contributed by atoms with E-state index in [0.29, 0.717) is 6.54 Å². The van der Waals surface area contributed by atoms with E-state index in [4.69, 9.17) is 0 Å². The van der Waals surface area contributed by atoms with Gasteiger partial charge in [-0.2, -0.15) is 13.2 Å². The lowest BCUT2D eigenvalue weighted by molar-refractivity contribution is -0.135. The maximum atomic E-state index is 11.5. The van der Waals surface area contributed by atoms with Crippen LogP contribution in [0.1, 0.15) is 21.2 Å². The Kier molecular flexibility index (Phi) is 4.43. The Labute approximate surface area is 60.1 Å². The first-order valence-electron chi connectivity index (χ1n) is 3.33. The van der Waals surface area contributed by atoms with Gasteiger partial charge in [0.15, 0.2) is 0 Å². The highest BCUT2D eigenvalue weighted by Gasteiger charge is 2.25. The molecule has 0 saturated heterocycles. The molecule has 0 aliphatic heterocycles. The highest BCUT2D eigenvalue weighted by molar-refractivity contribution is 4.52. The van der Waals surface area contributed by atoms with Crippen LogP contribution in [0.3, 0.4) is 0 Å². The molecular weight excluding hydrogens is 143 g/mol. The fraction of sp³-hybridized carbons (Fsp3) is 1.00. The molecule has 10 heavy (non-hydrogen) atoms. The number of hydrogen-bond donors (Lipinski definition) is 1. The first kappa shape index (κ1) is 9.75. The summed E-state index contributed by atoms with van der Waals surface area (Å²) in [6.45, 7) is 3.06. The minimum atomic E-state index is -3.99. The van der Waals surface area contributed by atoms with Crippen molar-refractivity contribution >= 4 is 0 Å². The first-order chi connectivity index (χ1) is 4.56. The zero-order valence-electron chi connectivity index (χ0n) is 5.96. The second-order valence-corrected chi connectivity index (χ2v) is 2.07. The summed E-state index contributed by atoms with van der Waals surface area (Å²) >= 11 is 0. The Morgan fingerprint density at radius 2 is 2.00 bits per heavy atom. The maximum Gasteiger partial charge on any atom is 0.389 e. The van der Waals surface area contributed by atoms with Crippen LogP contribution in [0.4, 0.5) is 13.2 Å². The molecule has 0 amide bonds. The topological polar surface area (TPSA) is 12.0 Å². The second-order valence-electron chi connectivity index (χ2n) is 2.07. The van der Waals surface area contributed by atoms with Gasteiger partial charge in [0.2, 0.25) is 0 Å². The molecule has 0 fully saturated rings. The number of rotatable bonds is 4. The van der Waals surface area contributed by atoms with Gasteiger partial charge in [-0.05, 0) is 19.5 Å². The van der Waals surface area contributed by atoms with Crippen LogP contribution < -0.4 is 5.32 Å². The fourth-order valence-electron chi connectivity index (χ4n) is 0.591.